The monoisotopic (exact) mass is 378 g/mol. The Morgan fingerprint density at radius 3 is 2.39 bits per heavy atom. The van der Waals surface area contributed by atoms with E-state index < -0.39 is 0 Å². The molecule has 5 nitrogen and oxygen atoms in total. The number of hydrogen-bond donors (Lipinski definition) is 1. The van der Waals surface area contributed by atoms with E-state index in [9.17, 15) is 5.11 Å². The van der Waals surface area contributed by atoms with E-state index in [1.807, 2.05) is 42.5 Å². The molecule has 0 amide bonds. The molecule has 1 heterocycles. The molecule has 0 radical (unpaired) electrons. The van der Waals surface area contributed by atoms with Crippen molar-refractivity contribution < 1.29 is 14.6 Å². The van der Waals surface area contributed by atoms with Gasteiger partial charge in [-0.1, -0.05) is 24.3 Å². The van der Waals surface area contributed by atoms with E-state index in [-0.39, 0.29) is 0 Å². The van der Waals surface area contributed by atoms with E-state index in [4.69, 9.17) is 9.47 Å². The van der Waals surface area contributed by atoms with Crippen molar-refractivity contribution in [2.24, 2.45) is 0 Å². The summed E-state index contributed by atoms with van der Waals surface area (Å²) in [5.41, 5.74) is 2.10. The standard InChI is InChI=1S/C23H26N2O3/c1-27-18-9-7-17-8-10-22(26)20(19(17)15-18)16-24-11-13-25(14-12-24)21-5-3-4-6-23(21)28-2/h3-10,15,26H,11-14,16H2,1-2H3. The number of anilines is 1. The summed E-state index contributed by atoms with van der Waals surface area (Å²) in [6, 6.07) is 17.9. The molecule has 28 heavy (non-hydrogen) atoms. The van der Waals surface area contributed by atoms with Gasteiger partial charge in [0.05, 0.1) is 19.9 Å². The molecule has 1 aliphatic heterocycles. The molecule has 0 aliphatic carbocycles. The van der Waals surface area contributed by atoms with Crippen LogP contribution < -0.4 is 14.4 Å². The first-order valence-electron chi connectivity index (χ1n) is 9.58. The summed E-state index contributed by atoms with van der Waals surface area (Å²) >= 11 is 0. The van der Waals surface area contributed by atoms with Crippen LogP contribution in [0.1, 0.15) is 5.56 Å². The van der Waals surface area contributed by atoms with Crippen molar-refractivity contribution in [1.82, 2.24) is 4.90 Å². The molecule has 1 aliphatic rings. The minimum absolute atomic E-state index is 0.341. The van der Waals surface area contributed by atoms with Crippen molar-refractivity contribution in [2.75, 3.05) is 45.3 Å². The van der Waals surface area contributed by atoms with Crippen LogP contribution in [0.2, 0.25) is 0 Å². The zero-order valence-electron chi connectivity index (χ0n) is 16.4. The molecule has 1 saturated heterocycles. The van der Waals surface area contributed by atoms with E-state index in [1.165, 1.54) is 0 Å². The SMILES string of the molecule is COc1ccc2ccc(O)c(CN3CCN(c4ccccc4OC)CC3)c2c1. The zero-order valence-corrected chi connectivity index (χ0v) is 16.4. The van der Waals surface area contributed by atoms with Gasteiger partial charge in [-0.15, -0.1) is 0 Å². The van der Waals surface area contributed by atoms with E-state index in [0.717, 1.165) is 66.2 Å². The van der Waals surface area contributed by atoms with Gasteiger partial charge in [-0.3, -0.25) is 4.90 Å². The Hall–Kier alpha value is -2.92. The second-order valence-corrected chi connectivity index (χ2v) is 7.09. The number of methoxy groups -OCH3 is 2. The molecule has 0 atom stereocenters. The molecule has 0 unspecified atom stereocenters. The quantitative estimate of drug-likeness (QED) is 0.730. The molecule has 3 aromatic carbocycles. The maximum absolute atomic E-state index is 10.5. The Balaban J connectivity index is 1.51. The van der Waals surface area contributed by atoms with Gasteiger partial charge >= 0.3 is 0 Å². The van der Waals surface area contributed by atoms with Gasteiger partial charge in [0.15, 0.2) is 0 Å². The highest BCUT2D eigenvalue weighted by Crippen LogP contribution is 2.32. The van der Waals surface area contributed by atoms with Crippen molar-refractivity contribution in [3.63, 3.8) is 0 Å². The fraction of sp³-hybridized carbons (Fsp3) is 0.304. The van der Waals surface area contributed by atoms with Crippen LogP contribution in [0.25, 0.3) is 10.8 Å². The highest BCUT2D eigenvalue weighted by molar-refractivity contribution is 5.89. The minimum Gasteiger partial charge on any atom is -0.508 e. The average molecular weight is 378 g/mol. The number of hydrogen-bond acceptors (Lipinski definition) is 5. The van der Waals surface area contributed by atoms with Gasteiger partial charge in [0.2, 0.25) is 0 Å². The predicted molar refractivity (Wildman–Crippen MR) is 113 cm³/mol. The number of nitrogens with zero attached hydrogens (tertiary/aromatic N) is 2. The molecule has 0 aromatic heterocycles. The number of fused-ring (bicyclic) bond motifs is 1. The highest BCUT2D eigenvalue weighted by atomic mass is 16.5. The van der Waals surface area contributed by atoms with E-state index in [2.05, 4.69) is 15.9 Å². The molecule has 5 heteroatoms. The van der Waals surface area contributed by atoms with Gasteiger partial charge in [-0.25, -0.2) is 0 Å². The molecule has 1 fully saturated rings. The number of phenols is 1. The van der Waals surface area contributed by atoms with Crippen LogP contribution in [0.5, 0.6) is 17.2 Å². The minimum atomic E-state index is 0.341. The van der Waals surface area contributed by atoms with Gasteiger partial charge < -0.3 is 19.5 Å². The van der Waals surface area contributed by atoms with Crippen molar-refractivity contribution >= 4 is 16.5 Å². The summed E-state index contributed by atoms with van der Waals surface area (Å²) < 4.78 is 10.9. The van der Waals surface area contributed by atoms with Crippen LogP contribution in [0.3, 0.4) is 0 Å². The lowest BCUT2D eigenvalue weighted by Crippen LogP contribution is -2.46. The van der Waals surface area contributed by atoms with Gasteiger partial charge in [0.1, 0.15) is 17.2 Å². The topological polar surface area (TPSA) is 45.2 Å². The number of piperazine rings is 1. The lowest BCUT2D eigenvalue weighted by atomic mass is 10.0. The van der Waals surface area contributed by atoms with E-state index >= 15 is 0 Å². The zero-order chi connectivity index (χ0) is 19.5. The third kappa shape index (κ3) is 3.58. The Morgan fingerprint density at radius 2 is 1.64 bits per heavy atom. The summed E-state index contributed by atoms with van der Waals surface area (Å²) in [5, 5.41) is 12.7. The number of benzene rings is 3. The molecular weight excluding hydrogens is 352 g/mol. The average Bonchev–Trinajstić information content (AvgIpc) is 2.76. The molecule has 146 valence electrons. The maximum Gasteiger partial charge on any atom is 0.142 e. The molecule has 3 aromatic rings. The molecule has 0 saturated carbocycles. The van der Waals surface area contributed by atoms with Crippen LogP contribution in [0.4, 0.5) is 5.69 Å². The molecule has 0 bridgehead atoms. The normalized spacial score (nSPS) is 15.0. The summed E-state index contributed by atoms with van der Waals surface area (Å²) in [5.74, 6) is 2.06. The van der Waals surface area contributed by atoms with Crippen molar-refractivity contribution in [3.05, 3.63) is 60.2 Å². The molecule has 4 rings (SSSR count). The lowest BCUT2D eigenvalue weighted by Gasteiger charge is -2.36. The Labute approximate surface area is 165 Å². The summed E-state index contributed by atoms with van der Waals surface area (Å²) in [4.78, 5) is 4.75. The van der Waals surface area contributed by atoms with Gasteiger partial charge in [-0.2, -0.15) is 0 Å². The molecular formula is C23H26N2O3. The number of aromatic hydroxyl groups is 1. The fourth-order valence-corrected chi connectivity index (χ4v) is 3.90. The number of para-hydroxylation sites is 2. The summed E-state index contributed by atoms with van der Waals surface area (Å²) in [7, 11) is 3.38. The largest absolute Gasteiger partial charge is 0.508 e. The van der Waals surface area contributed by atoms with Gasteiger partial charge in [0, 0.05) is 38.3 Å². The Bertz CT molecular complexity index is 965. The first-order valence-corrected chi connectivity index (χ1v) is 9.58. The fourth-order valence-electron chi connectivity index (χ4n) is 3.90. The van der Waals surface area contributed by atoms with Gasteiger partial charge in [0.25, 0.3) is 0 Å². The molecule has 0 spiro atoms. The number of rotatable bonds is 5. The third-order valence-corrected chi connectivity index (χ3v) is 5.50. The molecule has 1 N–H and O–H groups in total. The number of phenolic OH excluding ortho intramolecular Hbond substituents is 1. The van der Waals surface area contributed by atoms with Crippen LogP contribution in [-0.2, 0) is 6.54 Å². The van der Waals surface area contributed by atoms with E-state index in [0.29, 0.717) is 5.75 Å². The second-order valence-electron chi connectivity index (χ2n) is 7.09. The Morgan fingerprint density at radius 1 is 0.893 bits per heavy atom. The third-order valence-electron chi connectivity index (χ3n) is 5.50. The summed E-state index contributed by atoms with van der Waals surface area (Å²) in [6.45, 7) is 4.43. The second kappa shape index (κ2) is 7.98. The first kappa shape index (κ1) is 18.4. The smallest absolute Gasteiger partial charge is 0.142 e. The van der Waals surface area contributed by atoms with Crippen LogP contribution in [0.15, 0.2) is 54.6 Å². The van der Waals surface area contributed by atoms with E-state index in [1.54, 1.807) is 20.3 Å². The van der Waals surface area contributed by atoms with Gasteiger partial charge in [-0.05, 0) is 41.1 Å². The van der Waals surface area contributed by atoms with Crippen molar-refractivity contribution in [2.45, 2.75) is 6.54 Å². The van der Waals surface area contributed by atoms with Crippen molar-refractivity contribution in [1.29, 1.82) is 0 Å². The highest BCUT2D eigenvalue weighted by Gasteiger charge is 2.21. The van der Waals surface area contributed by atoms with Crippen LogP contribution in [0, 0.1) is 0 Å². The van der Waals surface area contributed by atoms with Crippen LogP contribution in [-0.4, -0.2) is 50.4 Å². The Kier molecular flexibility index (Phi) is 5.26. The maximum atomic E-state index is 10.5. The predicted octanol–water partition coefficient (Wildman–Crippen LogP) is 3.88. The first-order chi connectivity index (χ1) is 13.7. The van der Waals surface area contributed by atoms with Crippen LogP contribution >= 0.6 is 0 Å². The number of ether oxygens (including phenoxy) is 2. The lowest BCUT2D eigenvalue weighted by molar-refractivity contribution is 0.247. The van der Waals surface area contributed by atoms with Crippen molar-refractivity contribution in [3.8, 4) is 17.2 Å². The summed E-state index contributed by atoms with van der Waals surface area (Å²) in [6.07, 6.45) is 0.